The Morgan fingerprint density at radius 2 is 1.51 bits per heavy atom. The van der Waals surface area contributed by atoms with Gasteiger partial charge in [0.15, 0.2) is 5.75 Å². The molecule has 1 aliphatic rings. The first-order valence-corrected chi connectivity index (χ1v) is 12.6. The summed E-state index contributed by atoms with van der Waals surface area (Å²) in [6.45, 7) is 0.932. The summed E-state index contributed by atoms with van der Waals surface area (Å²) in [4.78, 5) is 26.6. The number of likely N-dealkylation sites (tertiary alicyclic amines) is 1. The van der Waals surface area contributed by atoms with E-state index in [-0.39, 0.29) is 30.1 Å². The lowest BCUT2D eigenvalue weighted by atomic mass is 9.88. The summed E-state index contributed by atoms with van der Waals surface area (Å²) in [6, 6.07) is 15.8. The third kappa shape index (κ3) is 7.08. The highest BCUT2D eigenvalue weighted by molar-refractivity contribution is 5.99. The molecule has 0 aromatic heterocycles. The summed E-state index contributed by atoms with van der Waals surface area (Å²) in [5, 5.41) is 0. The summed E-state index contributed by atoms with van der Waals surface area (Å²) < 4.78 is 84.1. The van der Waals surface area contributed by atoms with Gasteiger partial charge >= 0.3 is 18.3 Å². The number of ether oxygens (including phenoxy) is 1. The lowest BCUT2D eigenvalue weighted by Crippen LogP contribution is -2.38. The smallest absolute Gasteiger partial charge is 0.418 e. The molecule has 1 heterocycles. The predicted octanol–water partition coefficient (Wildman–Crippen LogP) is 6.05. The third-order valence-electron chi connectivity index (χ3n) is 6.68. The van der Waals surface area contributed by atoms with Crippen LogP contribution in [0.25, 0.3) is 0 Å². The van der Waals surface area contributed by atoms with E-state index in [1.165, 1.54) is 29.2 Å². The zero-order valence-corrected chi connectivity index (χ0v) is 21.5. The zero-order valence-electron chi connectivity index (χ0n) is 21.5. The molecule has 1 fully saturated rings. The van der Waals surface area contributed by atoms with E-state index in [0.717, 1.165) is 29.3 Å². The molecule has 1 saturated heterocycles. The first-order chi connectivity index (χ1) is 19.4. The molecule has 5 nitrogen and oxygen atoms in total. The van der Waals surface area contributed by atoms with Crippen molar-refractivity contribution in [1.29, 1.82) is 0 Å². The number of rotatable bonds is 4. The van der Waals surface area contributed by atoms with Crippen molar-refractivity contribution in [2.75, 3.05) is 13.1 Å². The number of nitrogens with two attached hydrogens (primary N) is 1. The SMILES string of the molecule is NCc1cccc(C2CCN(C(=O)c3cccc(C#Cc4ccccc4C(F)(F)F)c3OC(=O)C(F)(F)F)CC2)c1. The number of amides is 1. The van der Waals surface area contributed by atoms with Gasteiger partial charge in [0.05, 0.1) is 16.7 Å². The highest BCUT2D eigenvalue weighted by Gasteiger charge is 2.42. The fraction of sp³-hybridized carbons (Fsp3) is 0.267. The summed E-state index contributed by atoms with van der Waals surface area (Å²) >= 11 is 0. The Kier molecular flexibility index (Phi) is 8.73. The minimum absolute atomic E-state index is 0.138. The van der Waals surface area contributed by atoms with Gasteiger partial charge in [-0.25, -0.2) is 4.79 Å². The van der Waals surface area contributed by atoms with Crippen LogP contribution in [0.1, 0.15) is 56.9 Å². The molecule has 3 aromatic carbocycles. The van der Waals surface area contributed by atoms with Crippen LogP contribution in [0, 0.1) is 11.8 Å². The van der Waals surface area contributed by atoms with Crippen molar-refractivity contribution < 1.29 is 40.7 Å². The Morgan fingerprint density at radius 3 is 2.17 bits per heavy atom. The van der Waals surface area contributed by atoms with Crippen molar-refractivity contribution in [2.45, 2.75) is 37.7 Å². The van der Waals surface area contributed by atoms with Crippen molar-refractivity contribution in [3.63, 3.8) is 0 Å². The maximum atomic E-state index is 13.4. The lowest BCUT2D eigenvalue weighted by molar-refractivity contribution is -0.189. The number of piperidine rings is 1. The number of alkyl halides is 6. The predicted molar refractivity (Wildman–Crippen MR) is 138 cm³/mol. The highest BCUT2D eigenvalue weighted by atomic mass is 19.4. The first-order valence-electron chi connectivity index (χ1n) is 12.6. The second-order valence-corrected chi connectivity index (χ2v) is 9.38. The van der Waals surface area contributed by atoms with Gasteiger partial charge in [0.1, 0.15) is 0 Å². The molecule has 11 heteroatoms. The van der Waals surface area contributed by atoms with Gasteiger partial charge in [0.25, 0.3) is 5.91 Å². The zero-order chi connectivity index (χ0) is 29.8. The first kappa shape index (κ1) is 29.7. The fourth-order valence-corrected chi connectivity index (χ4v) is 4.60. The molecule has 0 unspecified atom stereocenters. The Morgan fingerprint density at radius 1 is 0.878 bits per heavy atom. The van der Waals surface area contributed by atoms with Crippen molar-refractivity contribution >= 4 is 11.9 Å². The number of nitrogens with zero attached hydrogens (tertiary/aromatic N) is 1. The molecule has 2 N–H and O–H groups in total. The Bertz CT molecular complexity index is 1500. The molecular weight excluding hydrogens is 550 g/mol. The number of para-hydroxylation sites is 1. The maximum absolute atomic E-state index is 13.4. The van der Waals surface area contributed by atoms with Crippen molar-refractivity contribution in [2.24, 2.45) is 5.73 Å². The second-order valence-electron chi connectivity index (χ2n) is 9.38. The molecule has 0 radical (unpaired) electrons. The molecule has 1 aliphatic heterocycles. The molecule has 0 saturated carbocycles. The number of carbonyl (C=O) groups excluding carboxylic acids is 2. The quantitative estimate of drug-likeness (QED) is 0.178. The van der Waals surface area contributed by atoms with Crippen LogP contribution in [0.2, 0.25) is 0 Å². The van der Waals surface area contributed by atoms with Crippen LogP contribution in [-0.4, -0.2) is 36.0 Å². The molecule has 214 valence electrons. The van der Waals surface area contributed by atoms with Crippen LogP contribution in [-0.2, 0) is 17.5 Å². The number of hydrogen-bond acceptors (Lipinski definition) is 4. The van der Waals surface area contributed by atoms with Gasteiger partial charge in [-0.3, -0.25) is 4.79 Å². The van der Waals surface area contributed by atoms with E-state index >= 15 is 0 Å². The fourth-order valence-electron chi connectivity index (χ4n) is 4.60. The minimum atomic E-state index is -5.39. The van der Waals surface area contributed by atoms with E-state index in [2.05, 4.69) is 16.6 Å². The molecule has 0 spiro atoms. The van der Waals surface area contributed by atoms with Gasteiger partial charge in [-0.05, 0) is 54.2 Å². The van der Waals surface area contributed by atoms with E-state index in [4.69, 9.17) is 5.73 Å². The van der Waals surface area contributed by atoms with Crippen molar-refractivity contribution in [1.82, 2.24) is 4.90 Å². The van der Waals surface area contributed by atoms with Crippen LogP contribution >= 0.6 is 0 Å². The van der Waals surface area contributed by atoms with Crippen LogP contribution in [0.5, 0.6) is 5.75 Å². The molecule has 0 aliphatic carbocycles. The Hall–Kier alpha value is -4.30. The lowest BCUT2D eigenvalue weighted by Gasteiger charge is -2.32. The summed E-state index contributed by atoms with van der Waals surface area (Å²) in [5.74, 6) is 0.742. The van der Waals surface area contributed by atoms with Gasteiger partial charge < -0.3 is 15.4 Å². The van der Waals surface area contributed by atoms with Crippen molar-refractivity contribution in [3.8, 4) is 17.6 Å². The number of carbonyl (C=O) groups is 2. The molecule has 3 aromatic rings. The Balaban J connectivity index is 1.65. The summed E-state index contributed by atoms with van der Waals surface area (Å²) in [6.07, 6.45) is -8.97. The van der Waals surface area contributed by atoms with Crippen LogP contribution < -0.4 is 10.5 Å². The molecule has 0 bridgehead atoms. The van der Waals surface area contributed by atoms with E-state index in [1.54, 1.807) is 0 Å². The second kappa shape index (κ2) is 12.1. The normalized spacial score (nSPS) is 14.3. The largest absolute Gasteiger partial charge is 0.491 e. The minimum Gasteiger partial charge on any atom is -0.418 e. The van der Waals surface area contributed by atoms with Crippen LogP contribution in [0.15, 0.2) is 66.7 Å². The van der Waals surface area contributed by atoms with Gasteiger partial charge in [0.2, 0.25) is 0 Å². The molecule has 41 heavy (non-hydrogen) atoms. The average Bonchev–Trinajstić information content (AvgIpc) is 2.95. The van der Waals surface area contributed by atoms with Gasteiger partial charge in [0, 0.05) is 25.2 Å². The molecular formula is C30H24F6N2O3. The number of hydrogen-bond donors (Lipinski definition) is 1. The van der Waals surface area contributed by atoms with Gasteiger partial charge in [-0.1, -0.05) is 54.3 Å². The number of benzene rings is 3. The van der Waals surface area contributed by atoms with E-state index in [9.17, 15) is 35.9 Å². The maximum Gasteiger partial charge on any atom is 0.491 e. The summed E-state index contributed by atoms with van der Waals surface area (Å²) in [5.41, 5.74) is 5.56. The highest BCUT2D eigenvalue weighted by Crippen LogP contribution is 2.34. The standard InChI is InChI=1S/C30H24F6N2O3/c31-29(32,33)25-10-2-1-6-21(25)11-12-22-7-4-9-24(26(22)41-28(40)30(34,35)36)27(39)38-15-13-20(14-16-38)23-8-3-5-19(17-23)18-37/h1-10,17,20H,13-16,18,37H2. The monoisotopic (exact) mass is 574 g/mol. The van der Waals surface area contributed by atoms with E-state index < -0.39 is 41.1 Å². The van der Waals surface area contributed by atoms with Crippen LogP contribution in [0.4, 0.5) is 26.3 Å². The topological polar surface area (TPSA) is 72.6 Å². The molecule has 4 rings (SSSR count). The van der Waals surface area contributed by atoms with Gasteiger partial charge in [-0.2, -0.15) is 26.3 Å². The number of halogens is 6. The van der Waals surface area contributed by atoms with E-state index in [0.29, 0.717) is 19.4 Å². The van der Waals surface area contributed by atoms with Crippen LogP contribution in [0.3, 0.4) is 0 Å². The summed E-state index contributed by atoms with van der Waals surface area (Å²) in [7, 11) is 0. The average molecular weight is 575 g/mol. The van der Waals surface area contributed by atoms with Crippen molar-refractivity contribution in [3.05, 3.63) is 100 Å². The van der Waals surface area contributed by atoms with E-state index in [1.807, 2.05) is 24.3 Å². The number of esters is 1. The Labute approximate surface area is 231 Å². The van der Waals surface area contributed by atoms with Gasteiger partial charge in [-0.15, -0.1) is 0 Å². The third-order valence-corrected chi connectivity index (χ3v) is 6.68. The molecule has 1 amide bonds. The molecule has 0 atom stereocenters.